The molecule has 7 heteroatoms. The van der Waals surface area contributed by atoms with Gasteiger partial charge in [-0.1, -0.05) is 0 Å². The van der Waals surface area contributed by atoms with Crippen molar-refractivity contribution in [2.45, 2.75) is 32.4 Å². The van der Waals surface area contributed by atoms with E-state index in [9.17, 15) is 9.90 Å². The first-order valence-electron chi connectivity index (χ1n) is 8.17. The number of aliphatic hydroxyl groups is 1. The number of carbonyl (C=O) groups is 1. The molecular weight excluding hydrogens is 308 g/mol. The molecule has 2 N–H and O–H groups in total. The number of furan rings is 1. The molecule has 1 aliphatic heterocycles. The third-order valence-electron chi connectivity index (χ3n) is 4.32. The van der Waals surface area contributed by atoms with Crippen LogP contribution in [-0.4, -0.2) is 68.8 Å². The summed E-state index contributed by atoms with van der Waals surface area (Å²) in [5, 5.41) is 16.9. The molecule has 24 heavy (non-hydrogen) atoms. The largest absolute Gasteiger partial charge is 0.472 e. The minimum Gasteiger partial charge on any atom is -0.472 e. The highest BCUT2D eigenvalue weighted by Crippen LogP contribution is 2.24. The number of H-pyrrole nitrogens is 1. The highest BCUT2D eigenvalue weighted by molar-refractivity contribution is 5.99. The van der Waals surface area contributed by atoms with Crippen molar-refractivity contribution < 1.29 is 14.3 Å². The summed E-state index contributed by atoms with van der Waals surface area (Å²) in [6, 6.07) is 1.99. The Morgan fingerprint density at radius 1 is 1.50 bits per heavy atom. The van der Waals surface area contributed by atoms with Crippen LogP contribution in [0.15, 0.2) is 29.2 Å². The van der Waals surface area contributed by atoms with Crippen molar-refractivity contribution in [2.24, 2.45) is 0 Å². The Hall–Kier alpha value is -2.12. The predicted octanol–water partition coefficient (Wildman–Crippen LogP) is 1.59. The zero-order valence-corrected chi connectivity index (χ0v) is 14.3. The van der Waals surface area contributed by atoms with Crippen LogP contribution in [0, 0.1) is 0 Å². The SMILES string of the molecule is CC1CN(C(=O)c2cn[nH]c2-c2ccoc2)CCN1CC(C)(C)O. The molecular formula is C17H24N4O3. The highest BCUT2D eigenvalue weighted by Gasteiger charge is 2.31. The summed E-state index contributed by atoms with van der Waals surface area (Å²) in [4.78, 5) is 16.9. The molecule has 1 unspecified atom stereocenters. The van der Waals surface area contributed by atoms with Gasteiger partial charge in [0.2, 0.25) is 0 Å². The average molecular weight is 332 g/mol. The summed E-state index contributed by atoms with van der Waals surface area (Å²) in [6.45, 7) is 8.30. The van der Waals surface area contributed by atoms with Gasteiger partial charge in [0.25, 0.3) is 5.91 Å². The van der Waals surface area contributed by atoms with Gasteiger partial charge in [0, 0.05) is 37.8 Å². The average Bonchev–Trinajstić information content (AvgIpc) is 3.17. The first-order chi connectivity index (χ1) is 11.3. The fourth-order valence-electron chi connectivity index (χ4n) is 3.16. The van der Waals surface area contributed by atoms with Crippen LogP contribution in [0.5, 0.6) is 0 Å². The molecule has 1 fully saturated rings. The maximum atomic E-state index is 12.9. The maximum absolute atomic E-state index is 12.9. The molecule has 3 heterocycles. The van der Waals surface area contributed by atoms with E-state index in [0.29, 0.717) is 30.9 Å². The van der Waals surface area contributed by atoms with Gasteiger partial charge in [0.05, 0.1) is 35.6 Å². The van der Waals surface area contributed by atoms with Crippen molar-refractivity contribution in [1.82, 2.24) is 20.0 Å². The summed E-state index contributed by atoms with van der Waals surface area (Å²) in [6.07, 6.45) is 4.73. The van der Waals surface area contributed by atoms with Gasteiger partial charge in [-0.2, -0.15) is 5.10 Å². The Balaban J connectivity index is 1.71. The Labute approximate surface area is 141 Å². The lowest BCUT2D eigenvalue weighted by Crippen LogP contribution is -2.56. The van der Waals surface area contributed by atoms with Crippen LogP contribution >= 0.6 is 0 Å². The molecule has 130 valence electrons. The van der Waals surface area contributed by atoms with Gasteiger partial charge in [0.1, 0.15) is 0 Å². The number of aromatic nitrogens is 2. The second-order valence-electron chi connectivity index (χ2n) is 7.05. The van der Waals surface area contributed by atoms with Crippen LogP contribution in [0.25, 0.3) is 11.3 Å². The number of hydrogen-bond donors (Lipinski definition) is 2. The number of hydrogen-bond acceptors (Lipinski definition) is 5. The molecule has 7 nitrogen and oxygen atoms in total. The first-order valence-corrected chi connectivity index (χ1v) is 8.17. The van der Waals surface area contributed by atoms with Crippen molar-refractivity contribution in [3.05, 3.63) is 30.4 Å². The maximum Gasteiger partial charge on any atom is 0.257 e. The summed E-state index contributed by atoms with van der Waals surface area (Å²) >= 11 is 0. The van der Waals surface area contributed by atoms with E-state index < -0.39 is 5.60 Å². The standard InChI is InChI=1S/C17H24N4O3/c1-12-9-20(5-6-21(12)11-17(2,3)23)16(22)14-8-18-19-15(14)13-4-7-24-10-13/h4,7-8,10,12,23H,5-6,9,11H2,1-3H3,(H,18,19). The van der Waals surface area contributed by atoms with Crippen LogP contribution in [0.2, 0.25) is 0 Å². The van der Waals surface area contributed by atoms with Crippen molar-refractivity contribution in [1.29, 1.82) is 0 Å². The number of β-amino-alcohol motifs (C(OH)–C–C–N with tert-alkyl or cyclic N) is 1. The lowest BCUT2D eigenvalue weighted by atomic mass is 10.1. The fourth-order valence-corrected chi connectivity index (χ4v) is 3.16. The molecule has 0 saturated carbocycles. The van der Waals surface area contributed by atoms with Crippen molar-refractivity contribution in [3.8, 4) is 11.3 Å². The minimum absolute atomic E-state index is 0.0327. The van der Waals surface area contributed by atoms with Crippen LogP contribution in [0.3, 0.4) is 0 Å². The van der Waals surface area contributed by atoms with Crippen LogP contribution < -0.4 is 0 Å². The first kappa shape index (κ1) is 16.7. The summed E-state index contributed by atoms with van der Waals surface area (Å²) in [7, 11) is 0. The summed E-state index contributed by atoms with van der Waals surface area (Å²) in [5.41, 5.74) is 1.31. The van der Waals surface area contributed by atoms with Crippen LogP contribution in [0.4, 0.5) is 0 Å². The van der Waals surface area contributed by atoms with Gasteiger partial charge < -0.3 is 14.4 Å². The quantitative estimate of drug-likeness (QED) is 0.888. The second kappa shape index (κ2) is 6.41. The van der Waals surface area contributed by atoms with Gasteiger partial charge in [-0.05, 0) is 26.8 Å². The zero-order valence-electron chi connectivity index (χ0n) is 14.3. The second-order valence-corrected chi connectivity index (χ2v) is 7.05. The Morgan fingerprint density at radius 3 is 2.92 bits per heavy atom. The zero-order chi connectivity index (χ0) is 17.3. The summed E-state index contributed by atoms with van der Waals surface area (Å²) < 4.78 is 5.09. The molecule has 0 aromatic carbocycles. The molecule has 1 amide bonds. The lowest BCUT2D eigenvalue weighted by Gasteiger charge is -2.42. The van der Waals surface area contributed by atoms with Crippen molar-refractivity contribution in [3.63, 3.8) is 0 Å². The molecule has 3 rings (SSSR count). The van der Waals surface area contributed by atoms with Crippen LogP contribution in [-0.2, 0) is 0 Å². The van der Waals surface area contributed by atoms with E-state index in [-0.39, 0.29) is 11.9 Å². The number of nitrogens with zero attached hydrogens (tertiary/aromatic N) is 3. The molecule has 0 spiro atoms. The van der Waals surface area contributed by atoms with Crippen molar-refractivity contribution >= 4 is 5.91 Å². The third-order valence-corrected chi connectivity index (χ3v) is 4.32. The Kier molecular flexibility index (Phi) is 4.47. The van der Waals surface area contributed by atoms with E-state index >= 15 is 0 Å². The lowest BCUT2D eigenvalue weighted by molar-refractivity contribution is -0.00141. The highest BCUT2D eigenvalue weighted by atomic mass is 16.3. The topological polar surface area (TPSA) is 85.6 Å². The van der Waals surface area contributed by atoms with E-state index in [2.05, 4.69) is 22.0 Å². The normalized spacial score (nSPS) is 19.7. The van der Waals surface area contributed by atoms with E-state index in [0.717, 1.165) is 12.1 Å². The summed E-state index contributed by atoms with van der Waals surface area (Å²) in [5.74, 6) is -0.0327. The van der Waals surface area contributed by atoms with Gasteiger partial charge in [-0.15, -0.1) is 0 Å². The number of nitrogens with one attached hydrogen (secondary N) is 1. The predicted molar refractivity (Wildman–Crippen MR) is 89.5 cm³/mol. The van der Waals surface area contributed by atoms with E-state index in [4.69, 9.17) is 4.42 Å². The molecule has 2 aromatic heterocycles. The molecule has 2 aromatic rings. The van der Waals surface area contributed by atoms with E-state index in [1.54, 1.807) is 38.6 Å². The molecule has 0 radical (unpaired) electrons. The van der Waals surface area contributed by atoms with Gasteiger partial charge in [-0.3, -0.25) is 14.8 Å². The Morgan fingerprint density at radius 2 is 2.29 bits per heavy atom. The minimum atomic E-state index is -0.737. The van der Waals surface area contributed by atoms with E-state index in [1.807, 2.05) is 4.90 Å². The fraction of sp³-hybridized carbons (Fsp3) is 0.529. The van der Waals surface area contributed by atoms with Gasteiger partial charge in [0.15, 0.2) is 0 Å². The monoisotopic (exact) mass is 332 g/mol. The number of aromatic amines is 1. The molecule has 0 aliphatic carbocycles. The van der Waals surface area contributed by atoms with Crippen molar-refractivity contribution in [2.75, 3.05) is 26.2 Å². The Bertz CT molecular complexity index is 687. The molecule has 1 atom stereocenters. The number of amides is 1. The third kappa shape index (κ3) is 3.52. The number of piperazine rings is 1. The smallest absolute Gasteiger partial charge is 0.257 e. The number of rotatable bonds is 4. The van der Waals surface area contributed by atoms with Gasteiger partial charge in [-0.25, -0.2) is 0 Å². The van der Waals surface area contributed by atoms with Gasteiger partial charge >= 0.3 is 0 Å². The molecule has 1 aliphatic rings. The number of carbonyl (C=O) groups excluding carboxylic acids is 1. The van der Waals surface area contributed by atoms with Crippen LogP contribution in [0.1, 0.15) is 31.1 Å². The molecule has 0 bridgehead atoms. The van der Waals surface area contributed by atoms with E-state index in [1.165, 1.54) is 0 Å². The molecule has 1 saturated heterocycles.